The second-order valence-corrected chi connectivity index (χ2v) is 6.99. The van der Waals surface area contributed by atoms with Crippen molar-refractivity contribution in [3.8, 4) is 23.0 Å². The van der Waals surface area contributed by atoms with Crippen LogP contribution in [0.1, 0.15) is 11.3 Å². The van der Waals surface area contributed by atoms with Gasteiger partial charge < -0.3 is 9.84 Å². The van der Waals surface area contributed by atoms with Gasteiger partial charge in [-0.2, -0.15) is 13.2 Å². The summed E-state index contributed by atoms with van der Waals surface area (Å²) >= 11 is 0. The van der Waals surface area contributed by atoms with E-state index in [1.807, 2.05) is 0 Å². The van der Waals surface area contributed by atoms with Gasteiger partial charge in [-0.05, 0) is 36.8 Å². The van der Waals surface area contributed by atoms with Gasteiger partial charge in [0.15, 0.2) is 11.5 Å². The van der Waals surface area contributed by atoms with Gasteiger partial charge in [0.25, 0.3) is 5.56 Å². The molecule has 11 heteroatoms. The average molecular weight is 460 g/mol. The molecule has 0 radical (unpaired) electrons. The molecule has 3 heterocycles. The van der Waals surface area contributed by atoms with E-state index in [0.717, 1.165) is 10.8 Å². The highest BCUT2D eigenvalue weighted by Gasteiger charge is 2.36. The Labute approximate surface area is 184 Å². The minimum Gasteiger partial charge on any atom is -0.506 e. The van der Waals surface area contributed by atoms with E-state index in [9.17, 15) is 27.5 Å². The van der Waals surface area contributed by atoms with E-state index in [4.69, 9.17) is 4.74 Å². The van der Waals surface area contributed by atoms with Crippen LogP contribution in [0, 0.1) is 5.82 Å². The number of aromatic hydroxyl groups is 1. The smallest absolute Gasteiger partial charge is 0.434 e. The maximum absolute atomic E-state index is 14.4. The van der Waals surface area contributed by atoms with Crippen LogP contribution in [0.5, 0.6) is 11.5 Å². The lowest BCUT2D eigenvalue weighted by Gasteiger charge is -2.16. The summed E-state index contributed by atoms with van der Waals surface area (Å²) in [4.78, 5) is 24.9. The monoisotopic (exact) mass is 460 g/mol. The number of alkyl halides is 3. The fourth-order valence-electron chi connectivity index (χ4n) is 3.53. The highest BCUT2D eigenvalue weighted by molar-refractivity contribution is 5.82. The predicted octanol–water partition coefficient (Wildman–Crippen LogP) is 3.97. The van der Waals surface area contributed by atoms with Crippen molar-refractivity contribution >= 4 is 10.9 Å². The van der Waals surface area contributed by atoms with Crippen molar-refractivity contribution in [3.05, 3.63) is 76.2 Å². The molecule has 0 aliphatic heterocycles. The zero-order chi connectivity index (χ0) is 23.8. The van der Waals surface area contributed by atoms with Crippen LogP contribution in [-0.2, 0) is 19.1 Å². The van der Waals surface area contributed by atoms with Crippen molar-refractivity contribution < 1.29 is 27.4 Å². The summed E-state index contributed by atoms with van der Waals surface area (Å²) in [6.45, 7) is -0.267. The van der Waals surface area contributed by atoms with Crippen molar-refractivity contribution in [2.45, 2.75) is 19.1 Å². The molecule has 0 bridgehead atoms. The number of fused-ring (bicyclic) bond motifs is 1. The third-order valence-corrected chi connectivity index (χ3v) is 5.02. The largest absolute Gasteiger partial charge is 0.506 e. The van der Waals surface area contributed by atoms with Crippen molar-refractivity contribution in [3.63, 3.8) is 0 Å². The van der Waals surface area contributed by atoms with Gasteiger partial charge in [0, 0.05) is 24.5 Å². The lowest BCUT2D eigenvalue weighted by atomic mass is 10.1. The van der Waals surface area contributed by atoms with Crippen LogP contribution in [0.25, 0.3) is 22.4 Å². The van der Waals surface area contributed by atoms with Crippen LogP contribution < -0.4 is 10.3 Å². The number of hydrogen-bond acceptors (Lipinski definition) is 6. The molecular formula is C22H16F4N4O3. The first kappa shape index (κ1) is 22.2. The SMILES string of the molecule is COc1cccc(F)c1CCn1c(-c2ncccc2O)nc2ccnc(C(F)(F)F)c2c1=O. The van der Waals surface area contributed by atoms with Crippen LogP contribution in [0.15, 0.2) is 53.6 Å². The first-order valence-corrected chi connectivity index (χ1v) is 9.65. The second-order valence-electron chi connectivity index (χ2n) is 6.99. The Bertz CT molecular complexity index is 1400. The first-order valence-electron chi connectivity index (χ1n) is 9.65. The molecule has 0 aliphatic carbocycles. The summed E-state index contributed by atoms with van der Waals surface area (Å²) in [7, 11) is 1.35. The molecule has 4 aromatic rings. The van der Waals surface area contributed by atoms with Gasteiger partial charge >= 0.3 is 6.18 Å². The van der Waals surface area contributed by atoms with Crippen molar-refractivity contribution in [1.82, 2.24) is 19.5 Å². The molecule has 7 nitrogen and oxygen atoms in total. The maximum atomic E-state index is 14.4. The van der Waals surface area contributed by atoms with E-state index in [1.165, 1.54) is 49.7 Å². The molecule has 1 N–H and O–H groups in total. The molecular weight excluding hydrogens is 444 g/mol. The number of halogens is 4. The number of pyridine rings is 2. The van der Waals surface area contributed by atoms with Gasteiger partial charge in [-0.15, -0.1) is 0 Å². The molecule has 3 aromatic heterocycles. The first-order chi connectivity index (χ1) is 15.7. The Morgan fingerprint density at radius 3 is 2.58 bits per heavy atom. The highest BCUT2D eigenvalue weighted by atomic mass is 19.4. The molecule has 0 aliphatic rings. The minimum absolute atomic E-state index is 0.106. The van der Waals surface area contributed by atoms with Gasteiger partial charge in [-0.1, -0.05) is 6.07 Å². The Morgan fingerprint density at radius 2 is 1.88 bits per heavy atom. The molecule has 0 amide bonds. The Kier molecular flexibility index (Phi) is 5.71. The Morgan fingerprint density at radius 1 is 1.09 bits per heavy atom. The normalized spacial score (nSPS) is 11.7. The minimum atomic E-state index is -4.90. The third kappa shape index (κ3) is 4.09. The quantitative estimate of drug-likeness (QED) is 0.454. The summed E-state index contributed by atoms with van der Waals surface area (Å²) in [5.41, 5.74) is -2.67. The van der Waals surface area contributed by atoms with Crippen molar-refractivity contribution in [1.29, 1.82) is 0 Å². The van der Waals surface area contributed by atoms with Gasteiger partial charge in [-0.25, -0.2) is 14.4 Å². The van der Waals surface area contributed by atoms with Crippen LogP contribution in [0.3, 0.4) is 0 Å². The number of nitrogens with zero attached hydrogens (tertiary/aromatic N) is 4. The number of benzene rings is 1. The summed E-state index contributed by atoms with van der Waals surface area (Å²) in [6, 6.07) is 8.09. The van der Waals surface area contributed by atoms with Crippen LogP contribution in [0.4, 0.5) is 17.6 Å². The fraction of sp³-hybridized carbons (Fsp3) is 0.182. The molecule has 0 saturated carbocycles. The number of ether oxygens (including phenoxy) is 1. The molecule has 170 valence electrons. The number of methoxy groups -OCH3 is 1. The van der Waals surface area contributed by atoms with Crippen LogP contribution in [-0.4, -0.2) is 31.7 Å². The van der Waals surface area contributed by atoms with Gasteiger partial charge in [0.05, 0.1) is 18.0 Å². The van der Waals surface area contributed by atoms with E-state index in [-0.39, 0.29) is 47.1 Å². The molecule has 0 unspecified atom stereocenters. The van der Waals surface area contributed by atoms with Crippen LogP contribution >= 0.6 is 0 Å². The third-order valence-electron chi connectivity index (χ3n) is 5.02. The topological polar surface area (TPSA) is 90.1 Å². The van der Waals surface area contributed by atoms with Gasteiger partial charge in [-0.3, -0.25) is 14.3 Å². The van der Waals surface area contributed by atoms with Gasteiger partial charge in [0.2, 0.25) is 0 Å². The lowest BCUT2D eigenvalue weighted by molar-refractivity contribution is -0.139. The summed E-state index contributed by atoms with van der Waals surface area (Å²) in [5.74, 6) is -0.876. The van der Waals surface area contributed by atoms with Gasteiger partial charge in [0.1, 0.15) is 23.0 Å². The molecule has 0 spiro atoms. The van der Waals surface area contributed by atoms with E-state index in [0.29, 0.717) is 0 Å². The number of hydrogen-bond donors (Lipinski definition) is 1. The van der Waals surface area contributed by atoms with Crippen molar-refractivity contribution in [2.24, 2.45) is 0 Å². The van der Waals surface area contributed by atoms with Crippen molar-refractivity contribution in [2.75, 3.05) is 7.11 Å². The van der Waals surface area contributed by atoms with E-state index in [1.54, 1.807) is 0 Å². The van der Waals surface area contributed by atoms with E-state index < -0.39 is 28.6 Å². The molecule has 0 atom stereocenters. The molecule has 4 rings (SSSR count). The summed E-state index contributed by atoms with van der Waals surface area (Å²) in [6.07, 6.45) is -2.77. The standard InChI is InChI=1S/C22H16F4N4O3/c1-33-16-6-2-4-13(23)12(16)8-11-30-20(18-15(31)5-3-9-27-18)29-14-7-10-28-19(22(24,25)26)17(14)21(30)32/h2-7,9-10,31H,8,11H2,1H3. The van der Waals surface area contributed by atoms with E-state index >= 15 is 0 Å². The molecule has 33 heavy (non-hydrogen) atoms. The molecule has 1 aromatic carbocycles. The summed E-state index contributed by atoms with van der Waals surface area (Å²) < 4.78 is 61.2. The maximum Gasteiger partial charge on any atom is 0.434 e. The summed E-state index contributed by atoms with van der Waals surface area (Å²) in [5, 5.41) is 9.52. The second kappa shape index (κ2) is 8.49. The molecule has 0 saturated heterocycles. The fourth-order valence-corrected chi connectivity index (χ4v) is 3.53. The Hall–Kier alpha value is -4.02. The number of aromatic nitrogens is 4. The Balaban J connectivity index is 1.97. The average Bonchev–Trinajstić information content (AvgIpc) is 2.78. The van der Waals surface area contributed by atoms with E-state index in [2.05, 4.69) is 15.0 Å². The zero-order valence-corrected chi connectivity index (χ0v) is 17.1. The highest BCUT2D eigenvalue weighted by Crippen LogP contribution is 2.33. The number of rotatable bonds is 5. The zero-order valence-electron chi connectivity index (χ0n) is 17.1. The van der Waals surface area contributed by atoms with Crippen LogP contribution in [0.2, 0.25) is 0 Å². The lowest BCUT2D eigenvalue weighted by Crippen LogP contribution is -2.27. The molecule has 0 fully saturated rings. The predicted molar refractivity (Wildman–Crippen MR) is 110 cm³/mol.